The van der Waals surface area contributed by atoms with Crippen LogP contribution in [0.5, 0.6) is 5.75 Å². The van der Waals surface area contributed by atoms with Gasteiger partial charge in [0.15, 0.2) is 0 Å². The number of carbonyl (C=O) groups excluding carboxylic acids is 2. The van der Waals surface area contributed by atoms with Crippen LogP contribution >= 0.6 is 0 Å². The minimum Gasteiger partial charge on any atom is -0.423 e. The first-order valence-electron chi connectivity index (χ1n) is 6.39. The van der Waals surface area contributed by atoms with Crippen molar-refractivity contribution in [2.45, 2.75) is 0 Å². The summed E-state index contributed by atoms with van der Waals surface area (Å²) in [6.45, 7) is 0. The van der Waals surface area contributed by atoms with Gasteiger partial charge in [0, 0.05) is 0 Å². The highest BCUT2D eigenvalue weighted by Crippen LogP contribution is 2.16. The lowest BCUT2D eigenvalue weighted by molar-refractivity contribution is -0.114. The second-order valence-electron chi connectivity index (χ2n) is 4.36. The zero-order chi connectivity index (χ0) is 15.9. The molecule has 0 aliphatic heterocycles. The van der Waals surface area contributed by atoms with Crippen molar-refractivity contribution in [3.05, 3.63) is 71.3 Å². The van der Waals surface area contributed by atoms with Crippen LogP contribution in [0.4, 0.5) is 0 Å². The summed E-state index contributed by atoms with van der Waals surface area (Å²) in [5.74, 6) is -0.885. The van der Waals surface area contributed by atoms with Crippen LogP contribution < -0.4 is 10.5 Å². The summed E-state index contributed by atoms with van der Waals surface area (Å²) in [5.41, 5.74) is 5.97. The molecule has 0 aromatic heterocycles. The quantitative estimate of drug-likeness (QED) is 0.405. The molecule has 5 heteroatoms. The molecule has 0 aliphatic carbocycles. The van der Waals surface area contributed by atoms with Gasteiger partial charge >= 0.3 is 5.97 Å². The summed E-state index contributed by atoms with van der Waals surface area (Å²) in [6, 6.07) is 16.7. The summed E-state index contributed by atoms with van der Waals surface area (Å²) in [6.07, 6.45) is 1.37. The van der Waals surface area contributed by atoms with Gasteiger partial charge < -0.3 is 10.5 Å². The molecule has 1 amide bonds. The number of nitrogens with two attached hydrogens (primary N) is 1. The lowest BCUT2D eigenvalue weighted by atomic mass is 10.1. The fourth-order valence-electron chi connectivity index (χ4n) is 1.70. The van der Waals surface area contributed by atoms with Crippen LogP contribution in [0.2, 0.25) is 0 Å². The number of nitriles is 1. The molecule has 22 heavy (non-hydrogen) atoms. The Morgan fingerprint density at radius 3 is 2.23 bits per heavy atom. The van der Waals surface area contributed by atoms with E-state index in [2.05, 4.69) is 0 Å². The van der Waals surface area contributed by atoms with Crippen LogP contribution in [0.3, 0.4) is 0 Å². The molecule has 0 saturated heterocycles. The molecular formula is C17H12N2O3. The summed E-state index contributed by atoms with van der Waals surface area (Å²) >= 11 is 0. The highest BCUT2D eigenvalue weighted by atomic mass is 16.5. The average Bonchev–Trinajstić information content (AvgIpc) is 2.54. The number of primary amides is 1. The van der Waals surface area contributed by atoms with E-state index in [0.29, 0.717) is 16.9 Å². The minimum atomic E-state index is -0.790. The molecule has 0 spiro atoms. The number of hydrogen-bond acceptors (Lipinski definition) is 4. The molecule has 0 radical (unpaired) electrons. The maximum absolute atomic E-state index is 11.9. The van der Waals surface area contributed by atoms with Crippen molar-refractivity contribution in [2.24, 2.45) is 5.73 Å². The monoisotopic (exact) mass is 292 g/mol. The Morgan fingerprint density at radius 2 is 1.68 bits per heavy atom. The average molecular weight is 292 g/mol. The van der Waals surface area contributed by atoms with Crippen LogP contribution in [-0.2, 0) is 4.79 Å². The number of nitrogens with zero attached hydrogens (tertiary/aromatic N) is 1. The molecule has 0 unspecified atom stereocenters. The van der Waals surface area contributed by atoms with Crippen LogP contribution in [-0.4, -0.2) is 11.9 Å². The van der Waals surface area contributed by atoms with Crippen molar-refractivity contribution >= 4 is 18.0 Å². The van der Waals surface area contributed by atoms with Gasteiger partial charge in [0.2, 0.25) is 0 Å². The van der Waals surface area contributed by atoms with E-state index in [1.807, 2.05) is 6.07 Å². The van der Waals surface area contributed by atoms with E-state index in [4.69, 9.17) is 15.7 Å². The number of rotatable bonds is 4. The molecule has 2 rings (SSSR count). The third-order valence-corrected chi connectivity index (χ3v) is 2.80. The van der Waals surface area contributed by atoms with Crippen molar-refractivity contribution in [3.63, 3.8) is 0 Å². The maximum atomic E-state index is 11.9. The van der Waals surface area contributed by atoms with Gasteiger partial charge in [-0.05, 0) is 35.9 Å². The van der Waals surface area contributed by atoms with Gasteiger partial charge in [0.25, 0.3) is 5.91 Å². The smallest absolute Gasteiger partial charge is 0.343 e. The molecule has 0 atom stereocenters. The van der Waals surface area contributed by atoms with Crippen LogP contribution in [0.1, 0.15) is 15.9 Å². The van der Waals surface area contributed by atoms with Gasteiger partial charge in [-0.2, -0.15) is 5.26 Å². The zero-order valence-electron chi connectivity index (χ0n) is 11.5. The topological polar surface area (TPSA) is 93.2 Å². The fourth-order valence-corrected chi connectivity index (χ4v) is 1.70. The third kappa shape index (κ3) is 3.81. The first-order valence-corrected chi connectivity index (χ1v) is 6.39. The fraction of sp³-hybridized carbons (Fsp3) is 0. The lowest BCUT2D eigenvalue weighted by Crippen LogP contribution is -2.12. The van der Waals surface area contributed by atoms with Crippen LogP contribution in [0.15, 0.2) is 60.2 Å². The van der Waals surface area contributed by atoms with E-state index in [1.54, 1.807) is 54.6 Å². The lowest BCUT2D eigenvalue weighted by Gasteiger charge is -2.04. The molecule has 5 nitrogen and oxygen atoms in total. The van der Waals surface area contributed by atoms with Gasteiger partial charge in [0.1, 0.15) is 17.4 Å². The molecule has 0 fully saturated rings. The Kier molecular flexibility index (Phi) is 4.68. The van der Waals surface area contributed by atoms with Gasteiger partial charge in [-0.3, -0.25) is 4.79 Å². The van der Waals surface area contributed by atoms with Gasteiger partial charge in [0.05, 0.1) is 5.56 Å². The summed E-state index contributed by atoms with van der Waals surface area (Å²) in [5, 5.41) is 8.77. The molecule has 2 aromatic carbocycles. The van der Waals surface area contributed by atoms with Gasteiger partial charge in [-0.1, -0.05) is 30.3 Å². The summed E-state index contributed by atoms with van der Waals surface area (Å²) in [7, 11) is 0. The Balaban J connectivity index is 2.12. The highest BCUT2D eigenvalue weighted by Gasteiger charge is 2.08. The van der Waals surface area contributed by atoms with Crippen molar-refractivity contribution in [2.75, 3.05) is 0 Å². The molecule has 0 aliphatic rings. The maximum Gasteiger partial charge on any atom is 0.343 e. The van der Waals surface area contributed by atoms with Gasteiger partial charge in [-0.25, -0.2) is 4.79 Å². The largest absolute Gasteiger partial charge is 0.423 e. The van der Waals surface area contributed by atoms with E-state index in [-0.39, 0.29) is 5.57 Å². The predicted octanol–water partition coefficient (Wildman–Crippen LogP) is 2.30. The SMILES string of the molecule is N#C/C(=C\c1ccc(OC(=O)c2ccccc2)cc1)C(N)=O. The Hall–Kier alpha value is -3.39. The van der Waals surface area contributed by atoms with Crippen molar-refractivity contribution in [3.8, 4) is 11.8 Å². The first kappa shape index (κ1) is 15.0. The Labute approximate surface area is 127 Å². The molecule has 2 N–H and O–H groups in total. The number of esters is 1. The molecule has 0 heterocycles. The second kappa shape index (κ2) is 6.86. The van der Waals surface area contributed by atoms with E-state index >= 15 is 0 Å². The molecule has 0 bridgehead atoms. The number of benzene rings is 2. The number of amides is 1. The van der Waals surface area contributed by atoms with Crippen molar-refractivity contribution < 1.29 is 14.3 Å². The standard InChI is InChI=1S/C17H12N2O3/c18-11-14(16(19)20)10-12-6-8-15(9-7-12)22-17(21)13-4-2-1-3-5-13/h1-10H,(H2,19,20)/b14-10+. The molecular weight excluding hydrogens is 280 g/mol. The normalized spacial score (nSPS) is 10.6. The summed E-state index contributed by atoms with van der Waals surface area (Å²) < 4.78 is 5.22. The van der Waals surface area contributed by atoms with E-state index in [9.17, 15) is 9.59 Å². The molecule has 2 aromatic rings. The van der Waals surface area contributed by atoms with Crippen molar-refractivity contribution in [1.82, 2.24) is 0 Å². The number of ether oxygens (including phenoxy) is 1. The van der Waals surface area contributed by atoms with Gasteiger partial charge in [-0.15, -0.1) is 0 Å². The van der Waals surface area contributed by atoms with E-state index in [0.717, 1.165) is 0 Å². The Bertz CT molecular complexity index is 757. The number of carbonyl (C=O) groups is 2. The van der Waals surface area contributed by atoms with Crippen molar-refractivity contribution in [1.29, 1.82) is 5.26 Å². The highest BCUT2D eigenvalue weighted by molar-refractivity contribution is 6.00. The van der Waals surface area contributed by atoms with E-state index in [1.165, 1.54) is 6.08 Å². The summed E-state index contributed by atoms with van der Waals surface area (Å²) in [4.78, 5) is 22.8. The second-order valence-corrected chi connectivity index (χ2v) is 4.36. The van der Waals surface area contributed by atoms with Crippen LogP contribution in [0, 0.1) is 11.3 Å². The zero-order valence-corrected chi connectivity index (χ0v) is 11.5. The van der Waals surface area contributed by atoms with E-state index < -0.39 is 11.9 Å². The van der Waals surface area contributed by atoms with Crippen LogP contribution in [0.25, 0.3) is 6.08 Å². The molecule has 0 saturated carbocycles. The predicted molar refractivity (Wildman–Crippen MR) is 80.6 cm³/mol. The first-order chi connectivity index (χ1) is 10.6. The Morgan fingerprint density at radius 1 is 1.05 bits per heavy atom. The molecule has 108 valence electrons. The third-order valence-electron chi connectivity index (χ3n) is 2.80. The number of hydrogen-bond donors (Lipinski definition) is 1. The minimum absolute atomic E-state index is 0.144.